The van der Waals surface area contributed by atoms with Gasteiger partial charge in [0.05, 0.1) is 6.04 Å². The van der Waals surface area contributed by atoms with Crippen LogP contribution < -0.4 is 5.32 Å². The van der Waals surface area contributed by atoms with Crippen LogP contribution in [0.4, 0.5) is 4.39 Å². The lowest BCUT2D eigenvalue weighted by Gasteiger charge is -2.09. The van der Waals surface area contributed by atoms with Gasteiger partial charge in [0.25, 0.3) is 0 Å². The van der Waals surface area contributed by atoms with Gasteiger partial charge in [-0.05, 0) is 56.3 Å². The van der Waals surface area contributed by atoms with Crippen molar-refractivity contribution in [3.63, 3.8) is 0 Å². The van der Waals surface area contributed by atoms with E-state index < -0.39 is 0 Å². The van der Waals surface area contributed by atoms with Crippen LogP contribution in [0.1, 0.15) is 32.1 Å². The predicted molar refractivity (Wildman–Crippen MR) is 70.8 cm³/mol. The Balaban J connectivity index is 2.12. The molecule has 0 aliphatic rings. The van der Waals surface area contributed by atoms with Crippen molar-refractivity contribution in [1.29, 1.82) is 0 Å². The van der Waals surface area contributed by atoms with Crippen LogP contribution in [0.15, 0.2) is 40.8 Å². The van der Waals surface area contributed by atoms with Gasteiger partial charge in [-0.1, -0.05) is 6.92 Å². The van der Waals surface area contributed by atoms with Crippen molar-refractivity contribution in [2.75, 3.05) is 6.54 Å². The summed E-state index contributed by atoms with van der Waals surface area (Å²) in [7, 11) is 0. The first-order valence-electron chi connectivity index (χ1n) is 6.29. The molecule has 1 atom stereocenters. The highest BCUT2D eigenvalue weighted by atomic mass is 19.1. The van der Waals surface area contributed by atoms with Crippen LogP contribution in [0.5, 0.6) is 0 Å². The average Bonchev–Trinajstić information content (AvgIpc) is 2.86. The minimum Gasteiger partial charge on any atom is -0.459 e. The SMILES string of the molecule is CCCNC(C)c1ccc(-c2ccc(F)cc2)o1. The van der Waals surface area contributed by atoms with Crippen LogP contribution in [0.3, 0.4) is 0 Å². The molecule has 1 aromatic heterocycles. The smallest absolute Gasteiger partial charge is 0.134 e. The highest BCUT2D eigenvalue weighted by Crippen LogP contribution is 2.25. The van der Waals surface area contributed by atoms with Gasteiger partial charge in [-0.2, -0.15) is 0 Å². The quantitative estimate of drug-likeness (QED) is 0.858. The van der Waals surface area contributed by atoms with Crippen LogP contribution in [-0.4, -0.2) is 6.54 Å². The molecule has 1 N–H and O–H groups in total. The average molecular weight is 247 g/mol. The summed E-state index contributed by atoms with van der Waals surface area (Å²) in [6.45, 7) is 5.17. The highest BCUT2D eigenvalue weighted by molar-refractivity contribution is 5.57. The number of hydrogen-bond donors (Lipinski definition) is 1. The molecule has 0 bridgehead atoms. The summed E-state index contributed by atoms with van der Waals surface area (Å²) in [6.07, 6.45) is 1.09. The summed E-state index contributed by atoms with van der Waals surface area (Å²) >= 11 is 0. The molecule has 96 valence electrons. The molecule has 2 rings (SSSR count). The van der Waals surface area contributed by atoms with E-state index in [0.29, 0.717) is 0 Å². The topological polar surface area (TPSA) is 25.2 Å². The fourth-order valence-corrected chi connectivity index (χ4v) is 1.82. The Hall–Kier alpha value is -1.61. The van der Waals surface area contributed by atoms with Crippen molar-refractivity contribution < 1.29 is 8.81 Å². The third kappa shape index (κ3) is 2.99. The summed E-state index contributed by atoms with van der Waals surface area (Å²) < 4.78 is 18.6. The summed E-state index contributed by atoms with van der Waals surface area (Å²) in [5.74, 6) is 1.45. The molecule has 1 heterocycles. The molecule has 0 aliphatic carbocycles. The van der Waals surface area contributed by atoms with Crippen LogP contribution >= 0.6 is 0 Å². The molecular formula is C15H18FNO. The Morgan fingerprint density at radius 3 is 2.56 bits per heavy atom. The zero-order valence-electron chi connectivity index (χ0n) is 10.7. The number of nitrogens with one attached hydrogen (secondary N) is 1. The van der Waals surface area contributed by atoms with Crippen molar-refractivity contribution in [3.8, 4) is 11.3 Å². The fraction of sp³-hybridized carbons (Fsp3) is 0.333. The number of rotatable bonds is 5. The first-order valence-corrected chi connectivity index (χ1v) is 6.29. The Morgan fingerprint density at radius 1 is 1.17 bits per heavy atom. The molecule has 0 saturated heterocycles. The first-order chi connectivity index (χ1) is 8.70. The van der Waals surface area contributed by atoms with Gasteiger partial charge in [0.2, 0.25) is 0 Å². The Bertz CT molecular complexity index is 489. The van der Waals surface area contributed by atoms with Gasteiger partial charge in [-0.15, -0.1) is 0 Å². The summed E-state index contributed by atoms with van der Waals surface area (Å²) in [5, 5.41) is 3.37. The van der Waals surface area contributed by atoms with Crippen LogP contribution in [0.2, 0.25) is 0 Å². The lowest BCUT2D eigenvalue weighted by Crippen LogP contribution is -2.18. The van der Waals surface area contributed by atoms with Gasteiger partial charge in [0.1, 0.15) is 17.3 Å². The van der Waals surface area contributed by atoms with Crippen molar-refractivity contribution in [2.45, 2.75) is 26.3 Å². The summed E-state index contributed by atoms with van der Waals surface area (Å²) in [5.41, 5.74) is 0.894. The standard InChI is InChI=1S/C15H18FNO/c1-3-10-17-11(2)14-8-9-15(18-14)12-4-6-13(16)7-5-12/h4-9,11,17H,3,10H2,1-2H3. The maximum atomic E-state index is 12.8. The van der Waals surface area contributed by atoms with Crippen LogP contribution in [0, 0.1) is 5.82 Å². The van der Waals surface area contributed by atoms with E-state index in [0.717, 1.165) is 30.0 Å². The zero-order chi connectivity index (χ0) is 13.0. The van der Waals surface area contributed by atoms with Gasteiger partial charge < -0.3 is 9.73 Å². The molecule has 0 spiro atoms. The molecule has 1 aromatic carbocycles. The van der Waals surface area contributed by atoms with Gasteiger partial charge in [0, 0.05) is 5.56 Å². The molecule has 1 unspecified atom stereocenters. The number of furan rings is 1. The third-order valence-corrected chi connectivity index (χ3v) is 2.88. The van der Waals surface area contributed by atoms with E-state index in [9.17, 15) is 4.39 Å². The second-order valence-electron chi connectivity index (χ2n) is 4.38. The second kappa shape index (κ2) is 5.83. The number of benzene rings is 1. The minimum atomic E-state index is -0.233. The van der Waals surface area contributed by atoms with E-state index in [-0.39, 0.29) is 11.9 Å². The van der Waals surface area contributed by atoms with Gasteiger partial charge >= 0.3 is 0 Å². The van der Waals surface area contributed by atoms with E-state index in [1.165, 1.54) is 12.1 Å². The summed E-state index contributed by atoms with van der Waals surface area (Å²) in [6, 6.07) is 10.4. The third-order valence-electron chi connectivity index (χ3n) is 2.88. The van der Waals surface area contributed by atoms with Crippen molar-refractivity contribution >= 4 is 0 Å². The second-order valence-corrected chi connectivity index (χ2v) is 4.38. The molecule has 18 heavy (non-hydrogen) atoms. The Morgan fingerprint density at radius 2 is 1.89 bits per heavy atom. The van der Waals surface area contributed by atoms with Crippen LogP contribution in [0.25, 0.3) is 11.3 Å². The molecule has 3 heteroatoms. The highest BCUT2D eigenvalue weighted by Gasteiger charge is 2.10. The molecule has 2 aromatic rings. The predicted octanol–water partition coefficient (Wildman–Crippen LogP) is 4.15. The molecule has 0 fully saturated rings. The zero-order valence-corrected chi connectivity index (χ0v) is 10.7. The number of hydrogen-bond acceptors (Lipinski definition) is 2. The maximum absolute atomic E-state index is 12.8. The molecule has 0 saturated carbocycles. The summed E-state index contributed by atoms with van der Waals surface area (Å²) in [4.78, 5) is 0. The Labute approximate surface area is 107 Å². The largest absolute Gasteiger partial charge is 0.459 e. The monoisotopic (exact) mass is 247 g/mol. The van der Waals surface area contributed by atoms with E-state index >= 15 is 0 Å². The van der Waals surface area contributed by atoms with Gasteiger partial charge in [-0.3, -0.25) is 0 Å². The van der Waals surface area contributed by atoms with Crippen LogP contribution in [-0.2, 0) is 0 Å². The minimum absolute atomic E-state index is 0.194. The first kappa shape index (κ1) is 12.8. The number of halogens is 1. The Kier molecular flexibility index (Phi) is 4.15. The van der Waals surface area contributed by atoms with Crippen molar-refractivity contribution in [2.24, 2.45) is 0 Å². The molecule has 0 amide bonds. The van der Waals surface area contributed by atoms with Crippen molar-refractivity contribution in [3.05, 3.63) is 48.0 Å². The lowest BCUT2D eigenvalue weighted by atomic mass is 10.2. The van der Waals surface area contributed by atoms with E-state index in [2.05, 4.69) is 19.2 Å². The van der Waals surface area contributed by atoms with Gasteiger partial charge in [0.15, 0.2) is 0 Å². The molecule has 2 nitrogen and oxygen atoms in total. The van der Waals surface area contributed by atoms with Gasteiger partial charge in [-0.25, -0.2) is 4.39 Å². The van der Waals surface area contributed by atoms with E-state index in [1.807, 2.05) is 12.1 Å². The fourth-order valence-electron chi connectivity index (χ4n) is 1.82. The van der Waals surface area contributed by atoms with E-state index in [1.54, 1.807) is 12.1 Å². The normalized spacial score (nSPS) is 12.6. The maximum Gasteiger partial charge on any atom is 0.134 e. The lowest BCUT2D eigenvalue weighted by molar-refractivity contribution is 0.438. The molecule has 0 radical (unpaired) electrons. The molecule has 0 aliphatic heterocycles. The van der Waals surface area contributed by atoms with E-state index in [4.69, 9.17) is 4.42 Å². The van der Waals surface area contributed by atoms with Crippen molar-refractivity contribution in [1.82, 2.24) is 5.32 Å². The molecular weight excluding hydrogens is 229 g/mol.